The van der Waals surface area contributed by atoms with E-state index in [0.717, 1.165) is 47.8 Å². The van der Waals surface area contributed by atoms with Crippen molar-refractivity contribution in [2.75, 3.05) is 13.2 Å². The smallest absolute Gasteiger partial charge is 0.237 e. The van der Waals surface area contributed by atoms with Crippen molar-refractivity contribution in [1.82, 2.24) is 10.6 Å². The molecule has 2 aliphatic heterocycles. The first kappa shape index (κ1) is 16.0. The van der Waals surface area contributed by atoms with Crippen molar-refractivity contribution >= 4 is 5.91 Å². The maximum atomic E-state index is 12.7. The largest absolute Gasteiger partial charge is 0.494 e. The molecule has 1 fully saturated rings. The number of carbonyl (C=O) groups is 1. The van der Waals surface area contributed by atoms with E-state index < -0.39 is 0 Å². The summed E-state index contributed by atoms with van der Waals surface area (Å²) in [5.41, 5.74) is 1.93. The highest BCUT2D eigenvalue weighted by molar-refractivity contribution is 5.83. The van der Waals surface area contributed by atoms with Crippen LogP contribution in [0.15, 0.2) is 42.5 Å². The molecule has 2 atom stereocenters. The van der Waals surface area contributed by atoms with Gasteiger partial charge in [0.15, 0.2) is 0 Å². The molecule has 2 heterocycles. The van der Waals surface area contributed by atoms with Crippen molar-refractivity contribution in [3.63, 3.8) is 0 Å². The summed E-state index contributed by atoms with van der Waals surface area (Å²) in [6.07, 6.45) is 1.92. The number of carbonyl (C=O) groups excluding carboxylic acids is 1. The van der Waals surface area contributed by atoms with Gasteiger partial charge in [0.1, 0.15) is 17.2 Å². The minimum absolute atomic E-state index is 0.0408. The summed E-state index contributed by atoms with van der Waals surface area (Å²) < 4.78 is 11.6. The van der Waals surface area contributed by atoms with E-state index in [4.69, 9.17) is 9.47 Å². The van der Waals surface area contributed by atoms with Crippen molar-refractivity contribution in [2.45, 2.75) is 31.8 Å². The maximum Gasteiger partial charge on any atom is 0.237 e. The van der Waals surface area contributed by atoms with Crippen LogP contribution in [0.5, 0.6) is 17.2 Å². The summed E-state index contributed by atoms with van der Waals surface area (Å²) >= 11 is 0. The molecule has 0 bridgehead atoms. The van der Waals surface area contributed by atoms with Crippen LogP contribution >= 0.6 is 0 Å². The van der Waals surface area contributed by atoms with Crippen molar-refractivity contribution in [1.29, 1.82) is 0 Å². The predicted octanol–water partition coefficient (Wildman–Crippen LogP) is 3.15. The van der Waals surface area contributed by atoms with Crippen molar-refractivity contribution in [2.24, 2.45) is 0 Å². The Morgan fingerprint density at radius 1 is 1.24 bits per heavy atom. The first-order valence-corrected chi connectivity index (χ1v) is 8.83. The highest BCUT2D eigenvalue weighted by atomic mass is 16.5. The molecule has 2 N–H and O–H groups in total. The second kappa shape index (κ2) is 6.76. The summed E-state index contributed by atoms with van der Waals surface area (Å²) in [5, 5.41) is 6.46. The molecule has 1 unspecified atom stereocenters. The standard InChI is InChI=1S/C20H22N2O3/c1-2-24-13-9-10-15-18(12-13)25-17-8-4-3-6-14(17)19(15)22-20(23)16-7-5-11-21-16/h3-4,6,8-10,12,16,19,21H,2,5,7,11H2,1H3,(H,22,23)/t16-,19?/m0/s1. The highest BCUT2D eigenvalue weighted by Crippen LogP contribution is 2.44. The van der Waals surface area contributed by atoms with Crippen molar-refractivity contribution in [3.05, 3.63) is 53.6 Å². The third kappa shape index (κ3) is 3.07. The van der Waals surface area contributed by atoms with Gasteiger partial charge in [-0.05, 0) is 44.5 Å². The average Bonchev–Trinajstić information content (AvgIpc) is 3.16. The van der Waals surface area contributed by atoms with Crippen LogP contribution in [0.2, 0.25) is 0 Å². The summed E-state index contributed by atoms with van der Waals surface area (Å²) in [7, 11) is 0. The van der Waals surface area contributed by atoms with Gasteiger partial charge in [0.2, 0.25) is 5.91 Å². The Kier molecular flexibility index (Phi) is 4.32. The van der Waals surface area contributed by atoms with Gasteiger partial charge in [0, 0.05) is 17.2 Å². The van der Waals surface area contributed by atoms with Crippen LogP contribution < -0.4 is 20.1 Å². The summed E-state index contributed by atoms with van der Waals surface area (Å²) in [4.78, 5) is 12.7. The lowest BCUT2D eigenvalue weighted by Crippen LogP contribution is -2.42. The molecule has 0 saturated carbocycles. The fourth-order valence-electron chi connectivity index (χ4n) is 3.50. The number of para-hydroxylation sites is 1. The topological polar surface area (TPSA) is 59.6 Å². The number of rotatable bonds is 4. The van der Waals surface area contributed by atoms with Crippen LogP contribution in [0, 0.1) is 0 Å². The lowest BCUT2D eigenvalue weighted by Gasteiger charge is -2.30. The molecule has 1 saturated heterocycles. The second-order valence-electron chi connectivity index (χ2n) is 6.36. The number of fused-ring (bicyclic) bond motifs is 2. The predicted molar refractivity (Wildman–Crippen MR) is 95.1 cm³/mol. The number of ether oxygens (including phenoxy) is 2. The van der Waals surface area contributed by atoms with Crippen LogP contribution in [0.4, 0.5) is 0 Å². The number of benzene rings is 2. The zero-order chi connectivity index (χ0) is 17.2. The monoisotopic (exact) mass is 338 g/mol. The molecule has 0 radical (unpaired) electrons. The Balaban J connectivity index is 1.68. The van der Waals surface area contributed by atoms with Crippen molar-refractivity contribution < 1.29 is 14.3 Å². The SMILES string of the molecule is CCOc1ccc2c(c1)Oc1ccccc1C2NC(=O)[C@@H]1CCCN1. The molecular weight excluding hydrogens is 316 g/mol. The third-order valence-corrected chi connectivity index (χ3v) is 4.72. The second-order valence-corrected chi connectivity index (χ2v) is 6.36. The number of nitrogens with one attached hydrogen (secondary N) is 2. The number of hydrogen-bond acceptors (Lipinski definition) is 4. The van der Waals surface area contributed by atoms with E-state index in [0.29, 0.717) is 6.61 Å². The lowest BCUT2D eigenvalue weighted by molar-refractivity contribution is -0.123. The Morgan fingerprint density at radius 3 is 2.88 bits per heavy atom. The van der Waals surface area contributed by atoms with E-state index >= 15 is 0 Å². The van der Waals surface area contributed by atoms with Gasteiger partial charge in [-0.2, -0.15) is 0 Å². The first-order valence-electron chi connectivity index (χ1n) is 8.83. The van der Waals surface area contributed by atoms with Gasteiger partial charge in [-0.15, -0.1) is 0 Å². The Hall–Kier alpha value is -2.53. The molecular formula is C20H22N2O3. The van der Waals surface area contributed by atoms with Crippen molar-refractivity contribution in [3.8, 4) is 17.2 Å². The molecule has 1 amide bonds. The molecule has 130 valence electrons. The van der Waals surface area contributed by atoms with E-state index in [1.807, 2.05) is 49.4 Å². The van der Waals surface area contributed by atoms with Gasteiger partial charge >= 0.3 is 0 Å². The van der Waals surface area contributed by atoms with Gasteiger partial charge in [-0.25, -0.2) is 0 Å². The van der Waals surface area contributed by atoms with Gasteiger partial charge in [0.05, 0.1) is 18.7 Å². The van der Waals surface area contributed by atoms with Gasteiger partial charge in [0.25, 0.3) is 0 Å². The quantitative estimate of drug-likeness (QED) is 0.899. The molecule has 0 aliphatic carbocycles. The van der Waals surface area contributed by atoms with E-state index in [1.54, 1.807) is 0 Å². The molecule has 0 spiro atoms. The molecule has 2 aromatic rings. The van der Waals surface area contributed by atoms with E-state index in [9.17, 15) is 4.79 Å². The van der Waals surface area contributed by atoms with E-state index in [-0.39, 0.29) is 18.0 Å². The Bertz CT molecular complexity index is 784. The van der Waals surface area contributed by atoms with E-state index in [1.165, 1.54) is 0 Å². The summed E-state index contributed by atoms with van der Waals surface area (Å²) in [6.45, 7) is 3.45. The van der Waals surface area contributed by atoms with Crippen LogP contribution in [-0.4, -0.2) is 25.1 Å². The molecule has 5 nitrogen and oxygen atoms in total. The summed E-state index contributed by atoms with van der Waals surface area (Å²) in [5.74, 6) is 2.31. The van der Waals surface area contributed by atoms with Gasteiger partial charge in [-0.3, -0.25) is 4.79 Å². The molecule has 2 aliphatic rings. The molecule has 0 aromatic heterocycles. The van der Waals surface area contributed by atoms with Crippen LogP contribution in [-0.2, 0) is 4.79 Å². The Morgan fingerprint density at radius 2 is 2.08 bits per heavy atom. The highest BCUT2D eigenvalue weighted by Gasteiger charge is 2.31. The minimum Gasteiger partial charge on any atom is -0.494 e. The Labute approximate surface area is 147 Å². The maximum absolute atomic E-state index is 12.7. The molecule has 5 heteroatoms. The summed E-state index contributed by atoms with van der Waals surface area (Å²) in [6, 6.07) is 13.3. The third-order valence-electron chi connectivity index (χ3n) is 4.72. The molecule has 2 aromatic carbocycles. The number of hydrogen-bond donors (Lipinski definition) is 2. The molecule has 25 heavy (non-hydrogen) atoms. The fraction of sp³-hybridized carbons (Fsp3) is 0.350. The fourth-order valence-corrected chi connectivity index (χ4v) is 3.50. The van der Waals surface area contributed by atoms with Gasteiger partial charge in [-0.1, -0.05) is 18.2 Å². The zero-order valence-electron chi connectivity index (χ0n) is 14.2. The van der Waals surface area contributed by atoms with Crippen LogP contribution in [0.1, 0.15) is 36.9 Å². The van der Waals surface area contributed by atoms with Gasteiger partial charge < -0.3 is 20.1 Å². The van der Waals surface area contributed by atoms with Crippen LogP contribution in [0.25, 0.3) is 0 Å². The minimum atomic E-state index is -0.217. The average molecular weight is 338 g/mol. The lowest BCUT2D eigenvalue weighted by atomic mass is 9.94. The normalized spacial score (nSPS) is 21.0. The molecule has 4 rings (SSSR count). The van der Waals surface area contributed by atoms with E-state index in [2.05, 4.69) is 10.6 Å². The number of amides is 1. The zero-order valence-corrected chi connectivity index (χ0v) is 14.2. The first-order chi connectivity index (χ1) is 12.3. The van der Waals surface area contributed by atoms with Crippen LogP contribution in [0.3, 0.4) is 0 Å².